The summed E-state index contributed by atoms with van der Waals surface area (Å²) in [6, 6.07) is 11.0. The van der Waals surface area contributed by atoms with E-state index >= 15 is 0 Å². The molecule has 2 unspecified atom stereocenters. The van der Waals surface area contributed by atoms with Crippen LogP contribution in [0.25, 0.3) is 5.65 Å². The molecule has 2 aromatic heterocycles. The Morgan fingerprint density at radius 3 is 2.14 bits per heavy atom. The van der Waals surface area contributed by atoms with E-state index in [4.69, 9.17) is 4.74 Å². The Balaban J connectivity index is 0.000000644. The molecule has 5 heteroatoms. The first-order chi connectivity index (χ1) is 14.1. The first-order valence-electron chi connectivity index (χ1n) is 10.5. The van der Waals surface area contributed by atoms with Crippen LogP contribution in [0.1, 0.15) is 75.0 Å². The zero-order valence-corrected chi connectivity index (χ0v) is 18.9. The van der Waals surface area contributed by atoms with Crippen LogP contribution in [0.5, 0.6) is 5.75 Å². The molecule has 0 bridgehead atoms. The molecule has 0 amide bonds. The minimum Gasteiger partial charge on any atom is -0.478 e. The molecule has 0 fully saturated rings. The number of carbonyl (C=O) groups is 1. The van der Waals surface area contributed by atoms with Crippen LogP contribution < -0.4 is 4.74 Å². The summed E-state index contributed by atoms with van der Waals surface area (Å²) < 4.78 is 7.93. The van der Waals surface area contributed by atoms with E-state index < -0.39 is 12.2 Å². The first kappa shape index (κ1) is 24.4. The molecule has 4 rings (SSSR count). The fourth-order valence-electron chi connectivity index (χ4n) is 3.01. The zero-order valence-electron chi connectivity index (χ0n) is 18.9. The molecule has 0 aliphatic carbocycles. The number of aromatic nitrogens is 2. The Morgan fingerprint density at radius 1 is 0.966 bits per heavy atom. The molecule has 1 aliphatic rings. The summed E-state index contributed by atoms with van der Waals surface area (Å²) in [7, 11) is 0. The smallest absolute Gasteiger partial charge is 0.199 e. The third-order valence-corrected chi connectivity index (χ3v) is 4.42. The second-order valence-corrected chi connectivity index (χ2v) is 5.79. The van der Waals surface area contributed by atoms with Crippen LogP contribution in [-0.4, -0.2) is 26.4 Å². The van der Waals surface area contributed by atoms with Gasteiger partial charge in [0.25, 0.3) is 0 Å². The highest BCUT2D eigenvalue weighted by atomic mass is 16.5. The van der Waals surface area contributed by atoms with E-state index in [0.29, 0.717) is 17.0 Å². The summed E-state index contributed by atoms with van der Waals surface area (Å²) in [6.07, 6.45) is -0.149. The Labute approximate surface area is 174 Å². The van der Waals surface area contributed by atoms with Crippen molar-refractivity contribution in [3.05, 3.63) is 65.1 Å². The van der Waals surface area contributed by atoms with E-state index in [1.165, 1.54) is 0 Å². The van der Waals surface area contributed by atoms with Crippen LogP contribution in [0, 0.1) is 13.8 Å². The molecule has 0 spiro atoms. The molecule has 0 saturated heterocycles. The fourth-order valence-corrected chi connectivity index (χ4v) is 3.01. The van der Waals surface area contributed by atoms with Crippen molar-refractivity contribution < 1.29 is 14.6 Å². The van der Waals surface area contributed by atoms with Crippen molar-refractivity contribution in [2.75, 3.05) is 0 Å². The van der Waals surface area contributed by atoms with Gasteiger partial charge in [-0.25, -0.2) is 4.98 Å². The predicted octanol–water partition coefficient (Wildman–Crippen LogP) is 5.71. The van der Waals surface area contributed by atoms with Crippen molar-refractivity contribution in [1.82, 2.24) is 9.38 Å². The summed E-state index contributed by atoms with van der Waals surface area (Å²) >= 11 is 0. The fraction of sp³-hybridized carbons (Fsp3) is 0.417. The number of Topliss-reactive ketones (excluding diaryl/α,β-unsaturated/α-hetero) is 1. The number of nitrogens with zero attached hydrogens (tertiary/aromatic N) is 2. The largest absolute Gasteiger partial charge is 0.478 e. The van der Waals surface area contributed by atoms with E-state index in [-0.39, 0.29) is 5.78 Å². The highest BCUT2D eigenvalue weighted by Crippen LogP contribution is 2.38. The van der Waals surface area contributed by atoms with Crippen molar-refractivity contribution in [2.45, 2.75) is 67.6 Å². The van der Waals surface area contributed by atoms with Gasteiger partial charge in [-0.1, -0.05) is 71.9 Å². The van der Waals surface area contributed by atoms with Crippen molar-refractivity contribution in [2.24, 2.45) is 0 Å². The average Bonchev–Trinajstić information content (AvgIpc) is 3.09. The first-order valence-corrected chi connectivity index (χ1v) is 10.5. The highest BCUT2D eigenvalue weighted by molar-refractivity contribution is 6.04. The number of rotatable bonds is 1. The van der Waals surface area contributed by atoms with Crippen molar-refractivity contribution in [3.63, 3.8) is 0 Å². The second kappa shape index (κ2) is 11.4. The molecule has 1 aromatic carbocycles. The molecule has 29 heavy (non-hydrogen) atoms. The zero-order chi connectivity index (χ0) is 22.1. The monoisotopic (exact) mass is 398 g/mol. The molecule has 1 aliphatic heterocycles. The number of benzene rings is 1. The molecular formula is C24H34N2O3. The number of ether oxygens (including phenoxy) is 1. The van der Waals surface area contributed by atoms with E-state index in [9.17, 15) is 9.90 Å². The van der Waals surface area contributed by atoms with Gasteiger partial charge in [-0.3, -0.25) is 4.79 Å². The maximum absolute atomic E-state index is 12.6. The summed E-state index contributed by atoms with van der Waals surface area (Å²) in [4.78, 5) is 17.1. The number of hydrogen-bond donors (Lipinski definition) is 1. The van der Waals surface area contributed by atoms with Crippen LogP contribution in [0.15, 0.2) is 42.6 Å². The summed E-state index contributed by atoms with van der Waals surface area (Å²) in [5, 5.41) is 10.4. The third kappa shape index (κ3) is 4.67. The number of imidazole rings is 1. The van der Waals surface area contributed by atoms with Crippen LogP contribution in [0.4, 0.5) is 0 Å². The van der Waals surface area contributed by atoms with E-state index in [1.54, 1.807) is 12.3 Å². The van der Waals surface area contributed by atoms with Crippen LogP contribution >= 0.6 is 0 Å². The van der Waals surface area contributed by atoms with Gasteiger partial charge in [0.2, 0.25) is 0 Å². The number of aliphatic hydroxyl groups excluding tert-OH is 1. The molecule has 3 aromatic rings. The van der Waals surface area contributed by atoms with Crippen LogP contribution in [-0.2, 0) is 0 Å². The molecule has 0 radical (unpaired) electrons. The van der Waals surface area contributed by atoms with E-state index in [2.05, 4.69) is 4.98 Å². The standard InChI is InChI=1S/C18H16N2O3.3C2H6/c1-10-11(2)20-9-8-13-14(21)15(22)16(12-6-4-3-5-7-12)23-17(13)18(20)19-10;3*1-2/h3-9,15-16,22H,1-2H3;3*1-2H3. The van der Waals surface area contributed by atoms with Gasteiger partial charge in [0.1, 0.15) is 0 Å². The van der Waals surface area contributed by atoms with Gasteiger partial charge in [-0.05, 0) is 25.5 Å². The Hall–Kier alpha value is -2.66. The number of hydrogen-bond acceptors (Lipinski definition) is 4. The molecule has 3 heterocycles. The maximum Gasteiger partial charge on any atom is 0.199 e. The third-order valence-electron chi connectivity index (χ3n) is 4.42. The molecule has 1 N–H and O–H groups in total. The molecular weight excluding hydrogens is 364 g/mol. The normalized spacial score (nSPS) is 16.8. The topological polar surface area (TPSA) is 63.8 Å². The predicted molar refractivity (Wildman–Crippen MR) is 119 cm³/mol. The Morgan fingerprint density at radius 2 is 1.55 bits per heavy atom. The number of aliphatic hydroxyl groups is 1. The lowest BCUT2D eigenvalue weighted by molar-refractivity contribution is 0.0221. The van der Waals surface area contributed by atoms with Crippen molar-refractivity contribution in [1.29, 1.82) is 0 Å². The number of carbonyl (C=O) groups excluding carboxylic acids is 1. The number of aryl methyl sites for hydroxylation is 2. The van der Waals surface area contributed by atoms with E-state index in [1.807, 2.05) is 90.1 Å². The Bertz CT molecular complexity index is 917. The summed E-state index contributed by atoms with van der Waals surface area (Å²) in [5.41, 5.74) is 3.64. The van der Waals surface area contributed by atoms with Gasteiger partial charge >= 0.3 is 0 Å². The highest BCUT2D eigenvalue weighted by Gasteiger charge is 2.38. The van der Waals surface area contributed by atoms with Crippen LogP contribution in [0.2, 0.25) is 0 Å². The van der Waals surface area contributed by atoms with Gasteiger partial charge in [0.05, 0.1) is 11.3 Å². The summed E-state index contributed by atoms with van der Waals surface area (Å²) in [5.74, 6) is 0.105. The number of ketones is 1. The van der Waals surface area contributed by atoms with Gasteiger partial charge in [-0.2, -0.15) is 0 Å². The maximum atomic E-state index is 12.6. The molecule has 0 saturated carbocycles. The average molecular weight is 399 g/mol. The minimum atomic E-state index is -1.22. The molecule has 5 nitrogen and oxygen atoms in total. The van der Waals surface area contributed by atoms with E-state index in [0.717, 1.165) is 17.0 Å². The number of pyridine rings is 1. The van der Waals surface area contributed by atoms with Gasteiger partial charge in [0.15, 0.2) is 29.4 Å². The lowest BCUT2D eigenvalue weighted by Crippen LogP contribution is -2.36. The van der Waals surface area contributed by atoms with Crippen molar-refractivity contribution in [3.8, 4) is 5.75 Å². The molecule has 158 valence electrons. The Kier molecular flexibility index (Phi) is 9.56. The summed E-state index contributed by atoms with van der Waals surface area (Å²) in [6.45, 7) is 15.9. The lowest BCUT2D eigenvalue weighted by atomic mass is 9.94. The van der Waals surface area contributed by atoms with Gasteiger partial charge in [-0.15, -0.1) is 0 Å². The van der Waals surface area contributed by atoms with Gasteiger partial charge < -0.3 is 14.2 Å². The molecule has 2 atom stereocenters. The SMILES string of the molecule is CC.CC.CC.Cc1nc2c3c(ccn2c1C)C(=O)C(O)C(c1ccccc1)O3. The van der Waals surface area contributed by atoms with Gasteiger partial charge in [0, 0.05) is 11.9 Å². The lowest BCUT2D eigenvalue weighted by Gasteiger charge is -2.29. The quantitative estimate of drug-likeness (QED) is 0.570. The van der Waals surface area contributed by atoms with Crippen molar-refractivity contribution >= 4 is 11.4 Å². The van der Waals surface area contributed by atoms with Crippen LogP contribution in [0.3, 0.4) is 0 Å². The second-order valence-electron chi connectivity index (χ2n) is 5.79. The minimum absolute atomic E-state index is 0.332. The number of fused-ring (bicyclic) bond motifs is 3.